The van der Waals surface area contributed by atoms with Crippen LogP contribution in [-0.4, -0.2) is 13.2 Å². The van der Waals surface area contributed by atoms with Gasteiger partial charge in [0.2, 0.25) is 6.08 Å². The number of ether oxygens (including phenoxy) is 1. The van der Waals surface area contributed by atoms with E-state index in [1.807, 2.05) is 31.2 Å². The van der Waals surface area contributed by atoms with E-state index < -0.39 is 0 Å². The van der Waals surface area contributed by atoms with Gasteiger partial charge in [-0.25, -0.2) is 4.79 Å². The van der Waals surface area contributed by atoms with Crippen LogP contribution in [0.25, 0.3) is 0 Å². The highest BCUT2D eigenvalue weighted by molar-refractivity contribution is 5.40. The van der Waals surface area contributed by atoms with Crippen molar-refractivity contribution in [3.63, 3.8) is 0 Å². The van der Waals surface area contributed by atoms with E-state index in [4.69, 9.17) is 4.74 Å². The lowest BCUT2D eigenvalue weighted by Crippen LogP contribution is -1.94. The molecule has 1 aromatic carbocycles. The van der Waals surface area contributed by atoms with Gasteiger partial charge in [0.15, 0.2) is 0 Å². The standard InChI is InChI=1S/C10H11NO2/c1-8(11-7-12)9-5-3-4-6-10(9)13-2/h3-6,8H,1-2H3/t8-/m1/s1. The van der Waals surface area contributed by atoms with Crippen molar-refractivity contribution in [3.8, 4) is 5.75 Å². The Morgan fingerprint density at radius 3 is 2.77 bits per heavy atom. The molecule has 0 heterocycles. The molecule has 0 aliphatic carbocycles. The van der Waals surface area contributed by atoms with Crippen molar-refractivity contribution in [1.82, 2.24) is 0 Å². The minimum absolute atomic E-state index is 0.200. The Balaban J connectivity index is 3.04. The number of carbonyl (C=O) groups excluding carboxylic acids is 1. The number of para-hydroxylation sites is 1. The summed E-state index contributed by atoms with van der Waals surface area (Å²) in [7, 11) is 1.59. The Morgan fingerprint density at radius 1 is 1.46 bits per heavy atom. The first-order chi connectivity index (χ1) is 6.29. The summed E-state index contributed by atoms with van der Waals surface area (Å²) < 4.78 is 5.12. The molecular weight excluding hydrogens is 166 g/mol. The van der Waals surface area contributed by atoms with Gasteiger partial charge in [-0.15, -0.1) is 0 Å². The zero-order chi connectivity index (χ0) is 9.68. The zero-order valence-electron chi connectivity index (χ0n) is 7.65. The molecule has 0 saturated carbocycles. The van der Waals surface area contributed by atoms with Gasteiger partial charge >= 0.3 is 0 Å². The Hall–Kier alpha value is -1.60. The molecule has 0 saturated heterocycles. The number of benzene rings is 1. The molecule has 0 aliphatic heterocycles. The van der Waals surface area contributed by atoms with Crippen molar-refractivity contribution in [2.45, 2.75) is 13.0 Å². The first-order valence-corrected chi connectivity index (χ1v) is 3.99. The van der Waals surface area contributed by atoms with Gasteiger partial charge in [0.1, 0.15) is 5.75 Å². The van der Waals surface area contributed by atoms with Crippen molar-refractivity contribution in [1.29, 1.82) is 0 Å². The fourth-order valence-corrected chi connectivity index (χ4v) is 1.16. The minimum atomic E-state index is -0.200. The molecule has 1 rings (SSSR count). The normalized spacial score (nSPS) is 11.5. The van der Waals surface area contributed by atoms with Crippen LogP contribution in [0.4, 0.5) is 0 Å². The van der Waals surface area contributed by atoms with Gasteiger partial charge < -0.3 is 4.74 Å². The Bertz CT molecular complexity index is 329. The smallest absolute Gasteiger partial charge is 0.235 e. The van der Waals surface area contributed by atoms with Crippen molar-refractivity contribution >= 4 is 6.08 Å². The fraction of sp³-hybridized carbons (Fsp3) is 0.300. The highest BCUT2D eigenvalue weighted by Crippen LogP contribution is 2.26. The van der Waals surface area contributed by atoms with E-state index in [0.29, 0.717) is 0 Å². The highest BCUT2D eigenvalue weighted by atomic mass is 16.5. The van der Waals surface area contributed by atoms with Crippen LogP contribution in [0.3, 0.4) is 0 Å². The summed E-state index contributed by atoms with van der Waals surface area (Å²) in [5, 5.41) is 0. The van der Waals surface area contributed by atoms with Crippen LogP contribution in [0.2, 0.25) is 0 Å². The maximum absolute atomic E-state index is 10.1. The fourth-order valence-electron chi connectivity index (χ4n) is 1.16. The third-order valence-corrected chi connectivity index (χ3v) is 1.84. The summed E-state index contributed by atoms with van der Waals surface area (Å²) in [5.41, 5.74) is 0.897. The molecule has 13 heavy (non-hydrogen) atoms. The van der Waals surface area contributed by atoms with E-state index in [2.05, 4.69) is 4.99 Å². The molecule has 0 unspecified atom stereocenters. The molecule has 0 aliphatic rings. The molecule has 1 atom stereocenters. The average molecular weight is 177 g/mol. The van der Waals surface area contributed by atoms with Crippen LogP contribution < -0.4 is 4.74 Å². The average Bonchev–Trinajstić information content (AvgIpc) is 2.18. The molecule has 0 aromatic heterocycles. The highest BCUT2D eigenvalue weighted by Gasteiger charge is 2.08. The quantitative estimate of drug-likeness (QED) is 0.523. The topological polar surface area (TPSA) is 38.7 Å². The van der Waals surface area contributed by atoms with Crippen LogP contribution in [0.15, 0.2) is 29.3 Å². The van der Waals surface area contributed by atoms with Crippen LogP contribution >= 0.6 is 0 Å². The Morgan fingerprint density at radius 2 is 2.15 bits per heavy atom. The second-order valence-electron chi connectivity index (χ2n) is 2.64. The first-order valence-electron chi connectivity index (χ1n) is 3.99. The first kappa shape index (κ1) is 9.49. The second-order valence-corrected chi connectivity index (χ2v) is 2.64. The maximum atomic E-state index is 10.1. The van der Waals surface area contributed by atoms with Gasteiger partial charge in [-0.2, -0.15) is 4.99 Å². The van der Waals surface area contributed by atoms with E-state index >= 15 is 0 Å². The summed E-state index contributed by atoms with van der Waals surface area (Å²) in [4.78, 5) is 13.7. The maximum Gasteiger partial charge on any atom is 0.235 e. The number of aliphatic imine (C=N–C) groups is 1. The van der Waals surface area contributed by atoms with Crippen LogP contribution in [0.1, 0.15) is 18.5 Å². The lowest BCUT2D eigenvalue weighted by atomic mass is 10.1. The van der Waals surface area contributed by atoms with Crippen molar-refractivity contribution in [2.24, 2.45) is 4.99 Å². The van der Waals surface area contributed by atoms with Gasteiger partial charge in [-0.05, 0) is 13.0 Å². The summed E-state index contributed by atoms with van der Waals surface area (Å²) in [6, 6.07) is 7.28. The van der Waals surface area contributed by atoms with Gasteiger partial charge in [0.05, 0.1) is 13.2 Å². The molecule has 1 aromatic rings. The number of isocyanates is 1. The number of nitrogens with zero attached hydrogens (tertiary/aromatic N) is 1. The zero-order valence-corrected chi connectivity index (χ0v) is 7.65. The summed E-state index contributed by atoms with van der Waals surface area (Å²) in [5.74, 6) is 0.744. The molecule has 0 amide bonds. The van der Waals surface area contributed by atoms with Crippen LogP contribution in [0, 0.1) is 0 Å². The monoisotopic (exact) mass is 177 g/mol. The third kappa shape index (κ3) is 2.17. The van der Waals surface area contributed by atoms with Gasteiger partial charge in [0, 0.05) is 5.56 Å². The summed E-state index contributed by atoms with van der Waals surface area (Å²) in [6.07, 6.45) is 1.54. The largest absolute Gasteiger partial charge is 0.496 e. The van der Waals surface area contributed by atoms with Gasteiger partial charge in [-0.1, -0.05) is 18.2 Å². The molecule has 0 N–H and O–H groups in total. The van der Waals surface area contributed by atoms with E-state index in [9.17, 15) is 4.79 Å². The predicted molar refractivity (Wildman–Crippen MR) is 49.5 cm³/mol. The Labute approximate surface area is 77.1 Å². The van der Waals surface area contributed by atoms with E-state index in [-0.39, 0.29) is 6.04 Å². The molecule has 3 heteroatoms. The lowest BCUT2D eigenvalue weighted by molar-refractivity contribution is 0.407. The van der Waals surface area contributed by atoms with E-state index in [1.54, 1.807) is 7.11 Å². The molecule has 68 valence electrons. The number of rotatable bonds is 3. The Kier molecular flexibility index (Phi) is 3.23. The molecule has 0 radical (unpaired) electrons. The summed E-state index contributed by atoms with van der Waals surface area (Å²) in [6.45, 7) is 1.82. The van der Waals surface area contributed by atoms with E-state index in [1.165, 1.54) is 6.08 Å². The molecule has 0 bridgehead atoms. The molecule has 0 spiro atoms. The van der Waals surface area contributed by atoms with Crippen LogP contribution in [0.5, 0.6) is 5.75 Å². The molecule has 3 nitrogen and oxygen atoms in total. The van der Waals surface area contributed by atoms with Crippen molar-refractivity contribution in [2.75, 3.05) is 7.11 Å². The van der Waals surface area contributed by atoms with Crippen molar-refractivity contribution < 1.29 is 9.53 Å². The lowest BCUT2D eigenvalue weighted by Gasteiger charge is -2.09. The van der Waals surface area contributed by atoms with Gasteiger partial charge in [0.25, 0.3) is 0 Å². The van der Waals surface area contributed by atoms with Gasteiger partial charge in [-0.3, -0.25) is 0 Å². The third-order valence-electron chi connectivity index (χ3n) is 1.84. The summed E-state index contributed by atoms with van der Waals surface area (Å²) >= 11 is 0. The molecular formula is C10H11NO2. The van der Waals surface area contributed by atoms with Crippen LogP contribution in [-0.2, 0) is 4.79 Å². The number of hydrogen-bond acceptors (Lipinski definition) is 3. The SMILES string of the molecule is COc1ccccc1[C@@H](C)N=C=O. The minimum Gasteiger partial charge on any atom is -0.496 e. The number of methoxy groups -OCH3 is 1. The predicted octanol–water partition coefficient (Wildman–Crippen LogP) is 2.09. The van der Waals surface area contributed by atoms with E-state index in [0.717, 1.165) is 11.3 Å². The van der Waals surface area contributed by atoms with Crippen molar-refractivity contribution in [3.05, 3.63) is 29.8 Å². The molecule has 0 fully saturated rings. The number of hydrogen-bond donors (Lipinski definition) is 0. The second kappa shape index (κ2) is 4.43.